The van der Waals surface area contributed by atoms with Gasteiger partial charge in [0.2, 0.25) is 11.8 Å². The molecule has 3 N–H and O–H groups in total. The van der Waals surface area contributed by atoms with Gasteiger partial charge in [0.1, 0.15) is 6.54 Å². The molecule has 0 spiro atoms. The molecule has 0 aliphatic carbocycles. The average molecular weight is 344 g/mol. The van der Waals surface area contributed by atoms with Crippen molar-refractivity contribution in [3.8, 4) is 0 Å². The summed E-state index contributed by atoms with van der Waals surface area (Å²) < 4.78 is 0.849. The first-order valence-corrected chi connectivity index (χ1v) is 7.63. The Hall–Kier alpha value is -1.21. The Bertz CT molecular complexity index is 536. The number of rotatable bonds is 3. The van der Waals surface area contributed by atoms with Gasteiger partial charge in [-0.1, -0.05) is 15.9 Å². The van der Waals surface area contributed by atoms with Crippen LogP contribution in [0.2, 0.25) is 0 Å². The lowest BCUT2D eigenvalue weighted by molar-refractivity contribution is -0.130. The molecule has 2 amide bonds. The molecule has 1 aliphatic rings. The molecule has 0 radical (unpaired) electrons. The number of hydrogen-bond donors (Lipinski definition) is 2. The van der Waals surface area contributed by atoms with Crippen molar-refractivity contribution in [2.45, 2.75) is 6.92 Å². The van der Waals surface area contributed by atoms with Crippen molar-refractivity contribution in [3.05, 3.63) is 22.2 Å². The molecule has 1 aromatic rings. The van der Waals surface area contributed by atoms with E-state index >= 15 is 0 Å². The zero-order valence-electron chi connectivity index (χ0n) is 10.4. The molecule has 0 unspecified atom stereocenters. The SMILES string of the molecule is Cc1cc(Br)cc(NC(=O)CN2CSCC2=O)c1N. The van der Waals surface area contributed by atoms with Crippen LogP contribution in [0.15, 0.2) is 16.6 Å². The Morgan fingerprint density at radius 3 is 2.95 bits per heavy atom. The van der Waals surface area contributed by atoms with E-state index in [-0.39, 0.29) is 18.4 Å². The van der Waals surface area contributed by atoms with Gasteiger partial charge in [0, 0.05) is 4.47 Å². The van der Waals surface area contributed by atoms with Crippen molar-refractivity contribution in [1.82, 2.24) is 4.90 Å². The predicted molar refractivity (Wildman–Crippen MR) is 81.0 cm³/mol. The number of carbonyl (C=O) groups is 2. The number of nitrogens with two attached hydrogens (primary N) is 1. The standard InChI is InChI=1S/C12H14BrN3O2S/c1-7-2-8(13)3-9(12(7)14)15-10(17)4-16-6-19-5-11(16)18/h2-3H,4-6,14H2,1H3,(H,15,17). The summed E-state index contributed by atoms with van der Waals surface area (Å²) in [4.78, 5) is 24.9. The third-order valence-electron chi connectivity index (χ3n) is 2.79. The van der Waals surface area contributed by atoms with Crippen LogP contribution in [0, 0.1) is 6.92 Å². The molecule has 1 aromatic carbocycles. The third-order valence-corrected chi connectivity index (χ3v) is 4.19. The number of hydrogen-bond acceptors (Lipinski definition) is 4. The van der Waals surface area contributed by atoms with E-state index in [1.54, 1.807) is 6.07 Å². The van der Waals surface area contributed by atoms with Crippen LogP contribution in [0.4, 0.5) is 11.4 Å². The van der Waals surface area contributed by atoms with Gasteiger partial charge in [-0.2, -0.15) is 0 Å². The number of benzene rings is 1. The summed E-state index contributed by atoms with van der Waals surface area (Å²) in [6, 6.07) is 3.63. The lowest BCUT2D eigenvalue weighted by atomic mass is 10.1. The first-order valence-electron chi connectivity index (χ1n) is 5.68. The van der Waals surface area contributed by atoms with Gasteiger partial charge in [0.05, 0.1) is 23.0 Å². The number of anilines is 2. The number of halogens is 1. The molecule has 1 saturated heterocycles. The van der Waals surface area contributed by atoms with E-state index in [4.69, 9.17) is 5.73 Å². The molecule has 19 heavy (non-hydrogen) atoms. The molecule has 0 bridgehead atoms. The van der Waals surface area contributed by atoms with E-state index in [1.165, 1.54) is 16.7 Å². The van der Waals surface area contributed by atoms with Gasteiger partial charge >= 0.3 is 0 Å². The van der Waals surface area contributed by atoms with Gasteiger partial charge < -0.3 is 16.0 Å². The molecule has 5 nitrogen and oxygen atoms in total. The zero-order valence-corrected chi connectivity index (χ0v) is 12.8. The highest BCUT2D eigenvalue weighted by atomic mass is 79.9. The molecule has 0 atom stereocenters. The lowest BCUT2D eigenvalue weighted by Crippen LogP contribution is -2.34. The van der Waals surface area contributed by atoms with Gasteiger partial charge in [-0.3, -0.25) is 9.59 Å². The fourth-order valence-electron chi connectivity index (χ4n) is 1.76. The van der Waals surface area contributed by atoms with Crippen LogP contribution >= 0.6 is 27.7 Å². The summed E-state index contributed by atoms with van der Waals surface area (Å²) in [6.07, 6.45) is 0. The molecule has 1 fully saturated rings. The molecule has 1 heterocycles. The van der Waals surface area contributed by atoms with Crippen LogP contribution in [0.25, 0.3) is 0 Å². The van der Waals surface area contributed by atoms with Gasteiger partial charge in [0.15, 0.2) is 0 Å². The van der Waals surface area contributed by atoms with Crippen molar-refractivity contribution in [3.63, 3.8) is 0 Å². The molecular weight excluding hydrogens is 330 g/mol. The minimum Gasteiger partial charge on any atom is -0.397 e. The first kappa shape index (κ1) is 14.2. The topological polar surface area (TPSA) is 75.4 Å². The van der Waals surface area contributed by atoms with Crippen LogP contribution in [0.5, 0.6) is 0 Å². The monoisotopic (exact) mass is 343 g/mol. The maximum atomic E-state index is 11.9. The maximum absolute atomic E-state index is 11.9. The number of nitrogen functional groups attached to an aromatic ring is 1. The van der Waals surface area contributed by atoms with E-state index in [0.29, 0.717) is 23.0 Å². The van der Waals surface area contributed by atoms with Crippen molar-refractivity contribution in [2.75, 3.05) is 29.2 Å². The second-order valence-electron chi connectivity index (χ2n) is 4.30. The van der Waals surface area contributed by atoms with Crippen LogP contribution in [0.3, 0.4) is 0 Å². The molecule has 7 heteroatoms. The van der Waals surface area contributed by atoms with Crippen molar-refractivity contribution >= 4 is 50.9 Å². The number of nitrogens with one attached hydrogen (secondary N) is 1. The van der Waals surface area contributed by atoms with E-state index in [0.717, 1.165) is 10.0 Å². The second-order valence-corrected chi connectivity index (χ2v) is 6.17. The van der Waals surface area contributed by atoms with E-state index in [1.807, 2.05) is 13.0 Å². The lowest BCUT2D eigenvalue weighted by Gasteiger charge is -2.16. The minimum absolute atomic E-state index is 0.00135. The first-order chi connectivity index (χ1) is 8.97. The van der Waals surface area contributed by atoms with Gasteiger partial charge in [0.25, 0.3) is 0 Å². The Labute approximate surface area is 124 Å². The van der Waals surface area contributed by atoms with Crippen LogP contribution in [-0.4, -0.2) is 34.9 Å². The second kappa shape index (κ2) is 5.83. The van der Waals surface area contributed by atoms with Gasteiger partial charge in [-0.15, -0.1) is 11.8 Å². The van der Waals surface area contributed by atoms with Crippen LogP contribution < -0.4 is 11.1 Å². The van der Waals surface area contributed by atoms with E-state index in [2.05, 4.69) is 21.2 Å². The third kappa shape index (κ3) is 3.42. The summed E-state index contributed by atoms with van der Waals surface area (Å²) in [5.41, 5.74) is 7.91. The predicted octanol–water partition coefficient (Wildman–Crippen LogP) is 1.81. The molecule has 0 aromatic heterocycles. The zero-order chi connectivity index (χ0) is 14.0. The highest BCUT2D eigenvalue weighted by Gasteiger charge is 2.23. The van der Waals surface area contributed by atoms with Crippen LogP contribution in [0.1, 0.15) is 5.56 Å². The fraction of sp³-hybridized carbons (Fsp3) is 0.333. The van der Waals surface area contributed by atoms with Crippen molar-refractivity contribution < 1.29 is 9.59 Å². The molecule has 1 aliphatic heterocycles. The normalized spacial score (nSPS) is 14.8. The Balaban J connectivity index is 2.05. The average Bonchev–Trinajstić information content (AvgIpc) is 2.71. The highest BCUT2D eigenvalue weighted by Crippen LogP contribution is 2.27. The van der Waals surface area contributed by atoms with E-state index in [9.17, 15) is 9.59 Å². The number of amides is 2. The summed E-state index contributed by atoms with van der Waals surface area (Å²) in [5.74, 6) is 0.781. The largest absolute Gasteiger partial charge is 0.397 e. The van der Waals surface area contributed by atoms with Crippen LogP contribution in [-0.2, 0) is 9.59 Å². The minimum atomic E-state index is -0.236. The highest BCUT2D eigenvalue weighted by molar-refractivity contribution is 9.10. The molecule has 102 valence electrons. The molecular formula is C12H14BrN3O2S. The Morgan fingerprint density at radius 1 is 1.58 bits per heavy atom. The number of thioether (sulfide) groups is 1. The smallest absolute Gasteiger partial charge is 0.244 e. The number of aryl methyl sites for hydroxylation is 1. The maximum Gasteiger partial charge on any atom is 0.244 e. The molecule has 0 saturated carbocycles. The summed E-state index contributed by atoms with van der Waals surface area (Å²) in [7, 11) is 0. The molecule has 2 rings (SSSR count). The van der Waals surface area contributed by atoms with Gasteiger partial charge in [-0.25, -0.2) is 0 Å². The summed E-state index contributed by atoms with van der Waals surface area (Å²) in [5, 5.41) is 2.74. The summed E-state index contributed by atoms with van der Waals surface area (Å²) >= 11 is 4.87. The van der Waals surface area contributed by atoms with Crippen molar-refractivity contribution in [1.29, 1.82) is 0 Å². The van der Waals surface area contributed by atoms with Gasteiger partial charge in [-0.05, 0) is 24.6 Å². The Kier molecular flexibility index (Phi) is 4.36. The fourth-order valence-corrected chi connectivity index (χ4v) is 3.24. The Morgan fingerprint density at radius 2 is 2.32 bits per heavy atom. The van der Waals surface area contributed by atoms with E-state index < -0.39 is 0 Å². The number of carbonyl (C=O) groups excluding carboxylic acids is 2. The number of nitrogens with zero attached hydrogens (tertiary/aromatic N) is 1. The van der Waals surface area contributed by atoms with Crippen molar-refractivity contribution in [2.24, 2.45) is 0 Å². The quantitative estimate of drug-likeness (QED) is 0.820. The summed E-state index contributed by atoms with van der Waals surface area (Å²) in [6.45, 7) is 1.94.